The molecule has 0 bridgehead atoms. The van der Waals surface area contributed by atoms with Crippen LogP contribution in [0.25, 0.3) is 11.4 Å². The molecule has 6 nitrogen and oxygen atoms in total. The van der Waals surface area contributed by atoms with Crippen molar-refractivity contribution in [1.82, 2.24) is 20.2 Å². The van der Waals surface area contributed by atoms with Gasteiger partial charge in [0.15, 0.2) is 0 Å². The second-order valence-electron chi connectivity index (χ2n) is 5.39. The van der Waals surface area contributed by atoms with Crippen LogP contribution in [0.5, 0.6) is 0 Å². The van der Waals surface area contributed by atoms with Gasteiger partial charge in [0.1, 0.15) is 12.4 Å². The fraction of sp³-hybridized carbons (Fsp3) is 0.125. The number of anilines is 1. The maximum absolute atomic E-state index is 13.0. The van der Waals surface area contributed by atoms with Crippen LogP contribution in [0.3, 0.4) is 0 Å². The van der Waals surface area contributed by atoms with Crippen molar-refractivity contribution in [3.8, 4) is 11.4 Å². The molecule has 0 unspecified atom stereocenters. The standard InChI is InChI=1S/C16H10ClF4N5O/c17-12-7-11(18)4-5-13(12)22-14(27)8-26-24-15(23-25-26)9-2-1-3-10(6-9)16(19,20)21/h1-7H,8H2,(H,22,27). The van der Waals surface area contributed by atoms with Crippen LogP contribution >= 0.6 is 11.6 Å². The molecule has 0 atom stereocenters. The summed E-state index contributed by atoms with van der Waals surface area (Å²) in [6, 6.07) is 7.89. The predicted octanol–water partition coefficient (Wildman–Crippen LogP) is 3.79. The van der Waals surface area contributed by atoms with Gasteiger partial charge in [-0.2, -0.15) is 18.0 Å². The van der Waals surface area contributed by atoms with E-state index in [1.165, 1.54) is 18.2 Å². The van der Waals surface area contributed by atoms with E-state index >= 15 is 0 Å². The van der Waals surface area contributed by atoms with Crippen LogP contribution in [0.1, 0.15) is 5.56 Å². The molecule has 3 rings (SSSR count). The first-order valence-corrected chi connectivity index (χ1v) is 7.80. The van der Waals surface area contributed by atoms with E-state index in [2.05, 4.69) is 20.7 Å². The minimum absolute atomic E-state index is 0.0135. The van der Waals surface area contributed by atoms with Crippen molar-refractivity contribution >= 4 is 23.2 Å². The Morgan fingerprint density at radius 1 is 1.19 bits per heavy atom. The van der Waals surface area contributed by atoms with Crippen LogP contribution in [-0.4, -0.2) is 26.1 Å². The summed E-state index contributed by atoms with van der Waals surface area (Å²) in [5.41, 5.74) is -0.542. The normalized spacial score (nSPS) is 11.4. The van der Waals surface area contributed by atoms with Crippen molar-refractivity contribution in [2.45, 2.75) is 12.7 Å². The van der Waals surface area contributed by atoms with E-state index in [9.17, 15) is 22.4 Å². The molecule has 1 aromatic heterocycles. The van der Waals surface area contributed by atoms with E-state index in [1.807, 2.05) is 0 Å². The van der Waals surface area contributed by atoms with Crippen molar-refractivity contribution in [3.63, 3.8) is 0 Å². The fourth-order valence-electron chi connectivity index (χ4n) is 2.17. The molecule has 2 aromatic carbocycles. The molecule has 1 amide bonds. The van der Waals surface area contributed by atoms with Gasteiger partial charge in [0, 0.05) is 5.56 Å². The second kappa shape index (κ2) is 7.31. The number of amides is 1. The number of nitrogens with one attached hydrogen (secondary N) is 1. The summed E-state index contributed by atoms with van der Waals surface area (Å²) < 4.78 is 51.3. The minimum atomic E-state index is -4.50. The summed E-state index contributed by atoms with van der Waals surface area (Å²) in [5, 5.41) is 13.7. The van der Waals surface area contributed by atoms with E-state index in [1.54, 1.807) is 0 Å². The second-order valence-corrected chi connectivity index (χ2v) is 5.80. The highest BCUT2D eigenvalue weighted by molar-refractivity contribution is 6.33. The van der Waals surface area contributed by atoms with E-state index in [0.29, 0.717) is 0 Å². The Morgan fingerprint density at radius 2 is 1.96 bits per heavy atom. The monoisotopic (exact) mass is 399 g/mol. The predicted molar refractivity (Wildman–Crippen MR) is 88.3 cm³/mol. The number of alkyl halides is 3. The number of aromatic nitrogens is 4. The van der Waals surface area contributed by atoms with Gasteiger partial charge in [-0.1, -0.05) is 23.7 Å². The molecule has 0 aliphatic rings. The average molecular weight is 400 g/mol. The molecular weight excluding hydrogens is 390 g/mol. The third-order valence-electron chi connectivity index (χ3n) is 3.39. The lowest BCUT2D eigenvalue weighted by Crippen LogP contribution is -2.20. The zero-order valence-electron chi connectivity index (χ0n) is 13.3. The van der Waals surface area contributed by atoms with Gasteiger partial charge in [-0.25, -0.2) is 4.39 Å². The van der Waals surface area contributed by atoms with Gasteiger partial charge in [0.25, 0.3) is 0 Å². The van der Waals surface area contributed by atoms with Gasteiger partial charge in [-0.15, -0.1) is 10.2 Å². The van der Waals surface area contributed by atoms with Crippen molar-refractivity contribution in [2.75, 3.05) is 5.32 Å². The number of carbonyl (C=O) groups excluding carboxylic acids is 1. The number of benzene rings is 2. The smallest absolute Gasteiger partial charge is 0.323 e. The van der Waals surface area contributed by atoms with Gasteiger partial charge >= 0.3 is 6.18 Å². The van der Waals surface area contributed by atoms with E-state index in [-0.39, 0.29) is 28.6 Å². The Balaban J connectivity index is 1.72. The summed E-state index contributed by atoms with van der Waals surface area (Å²) in [7, 11) is 0. The van der Waals surface area contributed by atoms with Crippen molar-refractivity contribution in [3.05, 3.63) is 58.9 Å². The third-order valence-corrected chi connectivity index (χ3v) is 3.70. The summed E-state index contributed by atoms with van der Waals surface area (Å²) >= 11 is 5.82. The number of hydrogen-bond donors (Lipinski definition) is 1. The number of hydrogen-bond acceptors (Lipinski definition) is 4. The van der Waals surface area contributed by atoms with Gasteiger partial charge in [-0.05, 0) is 35.5 Å². The zero-order valence-corrected chi connectivity index (χ0v) is 14.1. The quantitative estimate of drug-likeness (QED) is 0.677. The Bertz CT molecular complexity index is 989. The van der Waals surface area contributed by atoms with Crippen molar-refractivity contribution in [2.24, 2.45) is 0 Å². The average Bonchev–Trinajstić information content (AvgIpc) is 3.05. The highest BCUT2D eigenvalue weighted by atomic mass is 35.5. The molecule has 0 saturated heterocycles. The molecule has 0 aliphatic carbocycles. The fourth-order valence-corrected chi connectivity index (χ4v) is 2.38. The number of nitrogens with zero attached hydrogens (tertiary/aromatic N) is 4. The summed E-state index contributed by atoms with van der Waals surface area (Å²) in [6.45, 7) is -0.361. The number of tetrazole rings is 1. The molecule has 0 spiro atoms. The molecule has 0 saturated carbocycles. The first kappa shape index (κ1) is 18.8. The first-order chi connectivity index (χ1) is 12.7. The molecule has 0 radical (unpaired) electrons. The topological polar surface area (TPSA) is 72.7 Å². The van der Waals surface area contributed by atoms with Crippen LogP contribution in [0.4, 0.5) is 23.2 Å². The third kappa shape index (κ3) is 4.59. The molecule has 3 aromatic rings. The largest absolute Gasteiger partial charge is 0.416 e. The molecule has 27 heavy (non-hydrogen) atoms. The van der Waals surface area contributed by atoms with E-state index in [0.717, 1.165) is 29.1 Å². The zero-order chi connectivity index (χ0) is 19.6. The van der Waals surface area contributed by atoms with Gasteiger partial charge < -0.3 is 5.32 Å². The molecule has 1 heterocycles. The highest BCUT2D eigenvalue weighted by Gasteiger charge is 2.30. The maximum atomic E-state index is 13.0. The summed E-state index contributed by atoms with van der Waals surface area (Å²) in [5.74, 6) is -1.19. The van der Waals surface area contributed by atoms with Crippen LogP contribution in [0.2, 0.25) is 5.02 Å². The number of halogens is 5. The SMILES string of the molecule is O=C(Cn1nnc(-c2cccc(C(F)(F)F)c2)n1)Nc1ccc(F)cc1Cl. The van der Waals surface area contributed by atoms with Crippen LogP contribution in [-0.2, 0) is 17.5 Å². The van der Waals surface area contributed by atoms with E-state index < -0.39 is 23.5 Å². The number of carbonyl (C=O) groups is 1. The van der Waals surface area contributed by atoms with E-state index in [4.69, 9.17) is 11.6 Å². The lowest BCUT2D eigenvalue weighted by molar-refractivity contribution is -0.137. The molecule has 1 N–H and O–H groups in total. The van der Waals surface area contributed by atoms with Crippen LogP contribution in [0, 0.1) is 5.82 Å². The minimum Gasteiger partial charge on any atom is -0.323 e. The number of rotatable bonds is 4. The van der Waals surface area contributed by atoms with Crippen molar-refractivity contribution in [1.29, 1.82) is 0 Å². The Kier molecular flexibility index (Phi) is 5.08. The first-order valence-electron chi connectivity index (χ1n) is 7.43. The lowest BCUT2D eigenvalue weighted by atomic mass is 10.1. The molecule has 0 aliphatic heterocycles. The summed E-state index contributed by atoms with van der Waals surface area (Å²) in [6.07, 6.45) is -4.50. The van der Waals surface area contributed by atoms with Gasteiger partial charge in [-0.3, -0.25) is 4.79 Å². The van der Waals surface area contributed by atoms with Crippen molar-refractivity contribution < 1.29 is 22.4 Å². The summed E-state index contributed by atoms with van der Waals surface area (Å²) in [4.78, 5) is 12.9. The molecule has 140 valence electrons. The Labute approximate surface area is 154 Å². The van der Waals surface area contributed by atoms with Gasteiger partial charge in [0.2, 0.25) is 11.7 Å². The molecule has 0 fully saturated rings. The maximum Gasteiger partial charge on any atom is 0.416 e. The Morgan fingerprint density at radius 3 is 2.67 bits per heavy atom. The molecular formula is C16H10ClF4N5O. The van der Waals surface area contributed by atoms with Crippen LogP contribution in [0.15, 0.2) is 42.5 Å². The highest BCUT2D eigenvalue weighted by Crippen LogP contribution is 2.31. The van der Waals surface area contributed by atoms with Crippen LogP contribution < -0.4 is 5.32 Å². The van der Waals surface area contributed by atoms with Gasteiger partial charge in [0.05, 0.1) is 16.3 Å². The molecule has 11 heteroatoms. The lowest BCUT2D eigenvalue weighted by Gasteiger charge is -2.07. The Hall–Kier alpha value is -3.01.